The highest BCUT2D eigenvalue weighted by molar-refractivity contribution is 7.99. The van der Waals surface area contributed by atoms with Crippen molar-refractivity contribution in [3.63, 3.8) is 0 Å². The monoisotopic (exact) mass is 529 g/mol. The molecule has 1 atom stereocenters. The van der Waals surface area contributed by atoms with Crippen LogP contribution in [0.2, 0.25) is 0 Å². The summed E-state index contributed by atoms with van der Waals surface area (Å²) >= 11 is 2.52. The molecule has 1 N–H and O–H groups in total. The number of nitrogens with zero attached hydrogens (tertiary/aromatic N) is 4. The SMILES string of the molecule is C=CCn1c(SCC(=O)Nc2nc(CC(=O)OCC)cs2)nnc1C(C)Oc1ccc(C(C)C)cc1. The molecule has 36 heavy (non-hydrogen) atoms. The standard InChI is InChI=1S/C25H31N5O4S2/c1-6-12-30-23(17(5)34-20-10-8-18(9-11-20)16(3)4)28-29-25(30)36-15-21(31)27-24-26-19(14-35-24)13-22(32)33-7-2/h6,8-11,14,16-17H,1,7,12-13,15H2,2-5H3,(H,26,27,31). The number of esters is 1. The molecule has 0 saturated heterocycles. The van der Waals surface area contributed by atoms with Crippen LogP contribution in [0.15, 0.2) is 47.5 Å². The minimum absolute atomic E-state index is 0.0739. The fraction of sp³-hybridized carbons (Fsp3) is 0.400. The number of thioether (sulfide) groups is 1. The van der Waals surface area contributed by atoms with Gasteiger partial charge in [0.05, 0.1) is 24.5 Å². The van der Waals surface area contributed by atoms with Gasteiger partial charge in [-0.15, -0.1) is 28.1 Å². The van der Waals surface area contributed by atoms with Gasteiger partial charge < -0.3 is 14.8 Å². The lowest BCUT2D eigenvalue weighted by Gasteiger charge is -2.16. The summed E-state index contributed by atoms with van der Waals surface area (Å²) in [5, 5.41) is 14.1. The zero-order chi connectivity index (χ0) is 26.1. The number of ether oxygens (including phenoxy) is 2. The number of amides is 1. The van der Waals surface area contributed by atoms with Crippen molar-refractivity contribution in [3.05, 3.63) is 59.4 Å². The normalized spacial score (nSPS) is 11.8. The summed E-state index contributed by atoms with van der Waals surface area (Å²) in [5.74, 6) is 1.38. The number of benzene rings is 1. The molecule has 9 nitrogen and oxygen atoms in total. The molecular weight excluding hydrogens is 498 g/mol. The van der Waals surface area contributed by atoms with E-state index in [9.17, 15) is 9.59 Å². The van der Waals surface area contributed by atoms with Gasteiger partial charge in [0.15, 0.2) is 22.2 Å². The van der Waals surface area contributed by atoms with Crippen LogP contribution in [0.25, 0.3) is 0 Å². The Bertz CT molecular complexity index is 1170. The number of carbonyl (C=O) groups excluding carboxylic acids is 2. The van der Waals surface area contributed by atoms with Crippen molar-refractivity contribution in [1.82, 2.24) is 19.7 Å². The van der Waals surface area contributed by atoms with Gasteiger partial charge in [-0.1, -0.05) is 43.8 Å². The second-order valence-electron chi connectivity index (χ2n) is 8.19. The molecule has 3 rings (SSSR count). The Hall–Kier alpha value is -3.18. The van der Waals surface area contributed by atoms with Crippen LogP contribution >= 0.6 is 23.1 Å². The third-order valence-corrected chi connectivity index (χ3v) is 6.81. The fourth-order valence-corrected chi connectivity index (χ4v) is 4.77. The van der Waals surface area contributed by atoms with Gasteiger partial charge in [-0.05, 0) is 37.5 Å². The van der Waals surface area contributed by atoms with E-state index in [1.807, 2.05) is 23.6 Å². The van der Waals surface area contributed by atoms with E-state index in [4.69, 9.17) is 9.47 Å². The van der Waals surface area contributed by atoms with Crippen molar-refractivity contribution in [1.29, 1.82) is 0 Å². The quantitative estimate of drug-likeness (QED) is 0.187. The van der Waals surface area contributed by atoms with E-state index >= 15 is 0 Å². The van der Waals surface area contributed by atoms with Crippen molar-refractivity contribution in [2.24, 2.45) is 0 Å². The molecule has 0 aliphatic rings. The van der Waals surface area contributed by atoms with E-state index in [-0.39, 0.29) is 30.2 Å². The number of rotatable bonds is 13. The van der Waals surface area contributed by atoms with E-state index in [1.54, 1.807) is 18.4 Å². The van der Waals surface area contributed by atoms with Crippen LogP contribution in [0, 0.1) is 0 Å². The average molecular weight is 530 g/mol. The van der Waals surface area contributed by atoms with Crippen LogP contribution < -0.4 is 10.1 Å². The van der Waals surface area contributed by atoms with Gasteiger partial charge in [-0.3, -0.25) is 14.2 Å². The van der Waals surface area contributed by atoms with Gasteiger partial charge in [0.25, 0.3) is 0 Å². The number of thiazole rings is 1. The highest BCUT2D eigenvalue weighted by atomic mass is 32.2. The van der Waals surface area contributed by atoms with Crippen LogP contribution in [-0.2, 0) is 27.3 Å². The predicted octanol–water partition coefficient (Wildman–Crippen LogP) is 5.02. The lowest BCUT2D eigenvalue weighted by atomic mass is 10.0. The third kappa shape index (κ3) is 7.66. The lowest BCUT2D eigenvalue weighted by Crippen LogP contribution is -2.15. The maximum atomic E-state index is 12.5. The first-order chi connectivity index (χ1) is 17.3. The molecule has 0 fully saturated rings. The van der Waals surface area contributed by atoms with E-state index < -0.39 is 0 Å². The van der Waals surface area contributed by atoms with Crippen LogP contribution in [0.1, 0.15) is 56.8 Å². The van der Waals surface area contributed by atoms with Gasteiger partial charge in [0.1, 0.15) is 5.75 Å². The zero-order valence-electron chi connectivity index (χ0n) is 20.9. The molecule has 0 spiro atoms. The van der Waals surface area contributed by atoms with Gasteiger partial charge in [0, 0.05) is 11.9 Å². The van der Waals surface area contributed by atoms with E-state index in [0.29, 0.717) is 40.9 Å². The summed E-state index contributed by atoms with van der Waals surface area (Å²) in [7, 11) is 0. The van der Waals surface area contributed by atoms with Crippen molar-refractivity contribution in [3.8, 4) is 5.75 Å². The van der Waals surface area contributed by atoms with Crippen molar-refractivity contribution < 1.29 is 19.1 Å². The smallest absolute Gasteiger partial charge is 0.311 e. The number of allylic oxidation sites excluding steroid dienone is 1. The lowest BCUT2D eigenvalue weighted by molar-refractivity contribution is -0.142. The maximum absolute atomic E-state index is 12.5. The highest BCUT2D eigenvalue weighted by Crippen LogP contribution is 2.26. The maximum Gasteiger partial charge on any atom is 0.311 e. The number of anilines is 1. The molecule has 0 aliphatic heterocycles. The Morgan fingerprint density at radius 1 is 1.22 bits per heavy atom. The second-order valence-corrected chi connectivity index (χ2v) is 9.99. The number of hydrogen-bond donors (Lipinski definition) is 1. The molecule has 1 aromatic carbocycles. The topological polar surface area (TPSA) is 108 Å². The molecule has 2 heterocycles. The number of carbonyl (C=O) groups is 2. The first-order valence-electron chi connectivity index (χ1n) is 11.6. The summed E-state index contributed by atoms with van der Waals surface area (Å²) in [6, 6.07) is 8.03. The summed E-state index contributed by atoms with van der Waals surface area (Å²) in [5.41, 5.74) is 1.80. The Labute approximate surface area is 219 Å². The number of hydrogen-bond acceptors (Lipinski definition) is 9. The molecule has 1 amide bonds. The molecule has 2 aromatic heterocycles. The third-order valence-electron chi connectivity index (χ3n) is 5.04. The Morgan fingerprint density at radius 3 is 2.64 bits per heavy atom. The van der Waals surface area contributed by atoms with Gasteiger partial charge in [-0.2, -0.15) is 0 Å². The van der Waals surface area contributed by atoms with Crippen LogP contribution in [0.4, 0.5) is 5.13 Å². The first-order valence-corrected chi connectivity index (χ1v) is 13.5. The Balaban J connectivity index is 1.59. The molecule has 1 unspecified atom stereocenters. The summed E-state index contributed by atoms with van der Waals surface area (Å²) < 4.78 is 12.9. The average Bonchev–Trinajstić information content (AvgIpc) is 3.45. The highest BCUT2D eigenvalue weighted by Gasteiger charge is 2.20. The van der Waals surface area contributed by atoms with Crippen molar-refractivity contribution in [2.75, 3.05) is 17.7 Å². The van der Waals surface area contributed by atoms with E-state index in [1.165, 1.54) is 28.7 Å². The van der Waals surface area contributed by atoms with Gasteiger partial charge >= 0.3 is 5.97 Å². The Kier molecular flexibility index (Phi) is 10.1. The number of nitrogens with one attached hydrogen (secondary N) is 1. The molecule has 0 aliphatic carbocycles. The van der Waals surface area contributed by atoms with E-state index in [2.05, 4.69) is 53.1 Å². The van der Waals surface area contributed by atoms with Gasteiger partial charge in [0.2, 0.25) is 5.91 Å². The van der Waals surface area contributed by atoms with Crippen molar-refractivity contribution >= 4 is 40.1 Å². The largest absolute Gasteiger partial charge is 0.483 e. The number of aromatic nitrogens is 4. The van der Waals surface area contributed by atoms with E-state index in [0.717, 1.165) is 5.75 Å². The molecule has 0 radical (unpaired) electrons. The van der Waals surface area contributed by atoms with Crippen molar-refractivity contribution in [2.45, 2.75) is 57.8 Å². The summed E-state index contributed by atoms with van der Waals surface area (Å²) in [6.07, 6.45) is 1.48. The van der Waals surface area contributed by atoms with Crippen LogP contribution in [0.3, 0.4) is 0 Å². The summed E-state index contributed by atoms with van der Waals surface area (Å²) in [6.45, 7) is 12.6. The van der Waals surface area contributed by atoms with Gasteiger partial charge in [-0.25, -0.2) is 4.98 Å². The molecule has 3 aromatic rings. The molecule has 192 valence electrons. The second kappa shape index (κ2) is 13.2. The zero-order valence-corrected chi connectivity index (χ0v) is 22.5. The first kappa shape index (κ1) is 27.4. The predicted molar refractivity (Wildman–Crippen MR) is 142 cm³/mol. The fourth-order valence-electron chi connectivity index (χ4n) is 3.29. The molecule has 0 bridgehead atoms. The summed E-state index contributed by atoms with van der Waals surface area (Å²) in [4.78, 5) is 28.4. The van der Waals surface area contributed by atoms with Crippen LogP contribution in [-0.4, -0.2) is 44.0 Å². The Morgan fingerprint density at radius 2 is 1.97 bits per heavy atom. The minimum Gasteiger partial charge on any atom is -0.483 e. The molecule has 0 saturated carbocycles. The van der Waals surface area contributed by atoms with Crippen LogP contribution in [0.5, 0.6) is 5.75 Å². The minimum atomic E-state index is -0.348. The molecular formula is C25H31N5O4S2. The molecule has 11 heteroatoms.